The first-order valence-corrected chi connectivity index (χ1v) is 11.1. The van der Waals surface area contributed by atoms with E-state index in [1.54, 1.807) is 17.4 Å². The Kier molecular flexibility index (Phi) is 5.01. The van der Waals surface area contributed by atoms with Crippen LogP contribution in [0.25, 0.3) is 0 Å². The molecule has 4 rings (SSSR count). The average Bonchev–Trinajstić information content (AvgIpc) is 3.31. The zero-order valence-corrected chi connectivity index (χ0v) is 15.9. The molecule has 0 saturated carbocycles. The predicted octanol–water partition coefficient (Wildman–Crippen LogP) is 2.38. The second-order valence-electron chi connectivity index (χ2n) is 6.33. The molecule has 2 aliphatic heterocycles. The van der Waals surface area contributed by atoms with E-state index in [4.69, 9.17) is 9.47 Å². The number of hydrogen-bond acceptors (Lipinski definition) is 7. The second kappa shape index (κ2) is 7.42. The van der Waals surface area contributed by atoms with E-state index in [0.29, 0.717) is 24.5 Å². The standard InChI is InChI=1S/C17H21N3O4S2/c21-26(22,14-4-5-15-16(10-14)24-12-23-15)18-7-6-13-11-25-17(19-13)20-8-2-1-3-9-20/h4-5,10-11,18H,1-3,6-9,12H2. The molecule has 1 N–H and O–H groups in total. The first kappa shape index (κ1) is 17.6. The molecule has 0 aliphatic carbocycles. The summed E-state index contributed by atoms with van der Waals surface area (Å²) in [6.45, 7) is 2.54. The van der Waals surface area contributed by atoms with Gasteiger partial charge in [-0.3, -0.25) is 0 Å². The van der Waals surface area contributed by atoms with Gasteiger partial charge in [0.05, 0.1) is 10.6 Å². The third kappa shape index (κ3) is 3.79. The zero-order chi connectivity index (χ0) is 18.0. The third-order valence-electron chi connectivity index (χ3n) is 4.49. The van der Waals surface area contributed by atoms with E-state index in [1.807, 2.05) is 5.38 Å². The summed E-state index contributed by atoms with van der Waals surface area (Å²) >= 11 is 1.63. The van der Waals surface area contributed by atoms with E-state index in [2.05, 4.69) is 14.6 Å². The number of benzene rings is 1. The summed E-state index contributed by atoms with van der Waals surface area (Å²) in [4.78, 5) is 7.14. The lowest BCUT2D eigenvalue weighted by Crippen LogP contribution is -2.29. The largest absolute Gasteiger partial charge is 0.454 e. The molecule has 0 atom stereocenters. The van der Waals surface area contributed by atoms with Crippen LogP contribution in [0.15, 0.2) is 28.5 Å². The van der Waals surface area contributed by atoms with Crippen molar-refractivity contribution in [2.75, 3.05) is 31.3 Å². The monoisotopic (exact) mass is 395 g/mol. The van der Waals surface area contributed by atoms with Gasteiger partial charge in [0.15, 0.2) is 16.6 Å². The van der Waals surface area contributed by atoms with Crippen LogP contribution in [0.1, 0.15) is 25.0 Å². The molecule has 0 spiro atoms. The van der Waals surface area contributed by atoms with Crippen LogP contribution in [0.3, 0.4) is 0 Å². The molecule has 2 aliphatic rings. The number of rotatable bonds is 6. The van der Waals surface area contributed by atoms with Crippen LogP contribution < -0.4 is 19.1 Å². The second-order valence-corrected chi connectivity index (χ2v) is 8.94. The maximum atomic E-state index is 12.4. The van der Waals surface area contributed by atoms with Crippen LogP contribution in [0.5, 0.6) is 11.5 Å². The number of piperidine rings is 1. The van der Waals surface area contributed by atoms with Gasteiger partial charge in [0.2, 0.25) is 16.8 Å². The van der Waals surface area contributed by atoms with E-state index in [-0.39, 0.29) is 11.7 Å². The Morgan fingerprint density at radius 1 is 1.15 bits per heavy atom. The van der Waals surface area contributed by atoms with Gasteiger partial charge in [-0.05, 0) is 31.4 Å². The van der Waals surface area contributed by atoms with Crippen LogP contribution >= 0.6 is 11.3 Å². The Labute approximate surface area is 157 Å². The quantitative estimate of drug-likeness (QED) is 0.809. The highest BCUT2D eigenvalue weighted by Gasteiger charge is 2.20. The minimum absolute atomic E-state index is 0.120. The number of nitrogens with one attached hydrogen (secondary N) is 1. The summed E-state index contributed by atoms with van der Waals surface area (Å²) in [6, 6.07) is 4.62. The number of nitrogens with zero attached hydrogens (tertiary/aromatic N) is 2. The fourth-order valence-electron chi connectivity index (χ4n) is 3.08. The van der Waals surface area contributed by atoms with Gasteiger partial charge in [0.25, 0.3) is 0 Å². The molecule has 0 amide bonds. The van der Waals surface area contributed by atoms with Crippen molar-refractivity contribution in [2.24, 2.45) is 0 Å². The first-order valence-electron chi connectivity index (χ1n) is 8.70. The minimum Gasteiger partial charge on any atom is -0.454 e. The summed E-state index contributed by atoms with van der Waals surface area (Å²) in [5, 5.41) is 3.05. The number of sulfonamides is 1. The van der Waals surface area contributed by atoms with E-state index in [1.165, 1.54) is 31.4 Å². The van der Waals surface area contributed by atoms with Gasteiger partial charge in [-0.15, -0.1) is 11.3 Å². The summed E-state index contributed by atoms with van der Waals surface area (Å²) in [5.74, 6) is 1.02. The summed E-state index contributed by atoms with van der Waals surface area (Å²) in [6.07, 6.45) is 4.28. The lowest BCUT2D eigenvalue weighted by Gasteiger charge is -2.25. The molecule has 0 bridgehead atoms. The van der Waals surface area contributed by atoms with Crippen molar-refractivity contribution in [1.82, 2.24) is 9.71 Å². The highest BCUT2D eigenvalue weighted by atomic mass is 32.2. The van der Waals surface area contributed by atoms with Gasteiger partial charge in [0.1, 0.15) is 0 Å². The number of ether oxygens (including phenoxy) is 2. The van der Waals surface area contributed by atoms with Gasteiger partial charge in [-0.1, -0.05) is 0 Å². The molecule has 2 aromatic rings. The molecule has 26 heavy (non-hydrogen) atoms. The molecular formula is C17H21N3O4S2. The van der Waals surface area contributed by atoms with Crippen molar-refractivity contribution >= 4 is 26.5 Å². The molecular weight excluding hydrogens is 374 g/mol. The Bertz CT molecular complexity index is 876. The van der Waals surface area contributed by atoms with E-state index in [0.717, 1.165) is 23.9 Å². The third-order valence-corrected chi connectivity index (χ3v) is 6.90. The van der Waals surface area contributed by atoms with Gasteiger partial charge >= 0.3 is 0 Å². The number of aromatic nitrogens is 1. The highest BCUT2D eigenvalue weighted by Crippen LogP contribution is 2.33. The summed E-state index contributed by atoms with van der Waals surface area (Å²) in [7, 11) is -3.59. The Morgan fingerprint density at radius 3 is 2.81 bits per heavy atom. The van der Waals surface area contributed by atoms with Gasteiger partial charge in [0, 0.05) is 37.5 Å². The van der Waals surface area contributed by atoms with Crippen molar-refractivity contribution in [3.8, 4) is 11.5 Å². The average molecular weight is 396 g/mol. The molecule has 9 heteroatoms. The molecule has 0 radical (unpaired) electrons. The normalized spacial score (nSPS) is 16.8. The van der Waals surface area contributed by atoms with Crippen molar-refractivity contribution < 1.29 is 17.9 Å². The Balaban J connectivity index is 1.34. The van der Waals surface area contributed by atoms with Crippen molar-refractivity contribution in [3.05, 3.63) is 29.3 Å². The summed E-state index contributed by atoms with van der Waals surface area (Å²) < 4.78 is 38.0. The SMILES string of the molecule is O=S(=O)(NCCc1csc(N2CCCCC2)n1)c1ccc2c(c1)OCO2. The Hall–Kier alpha value is -1.84. The van der Waals surface area contributed by atoms with Gasteiger partial charge in [-0.2, -0.15) is 0 Å². The lowest BCUT2D eigenvalue weighted by atomic mass is 10.1. The topological polar surface area (TPSA) is 80.8 Å². The molecule has 140 valence electrons. The first-order chi connectivity index (χ1) is 12.6. The molecule has 3 heterocycles. The molecule has 1 saturated heterocycles. The van der Waals surface area contributed by atoms with Crippen molar-refractivity contribution in [2.45, 2.75) is 30.6 Å². The lowest BCUT2D eigenvalue weighted by molar-refractivity contribution is 0.174. The summed E-state index contributed by atoms with van der Waals surface area (Å²) in [5.41, 5.74) is 0.920. The minimum atomic E-state index is -3.59. The van der Waals surface area contributed by atoms with Crippen LogP contribution in [0.4, 0.5) is 5.13 Å². The number of hydrogen-bond donors (Lipinski definition) is 1. The van der Waals surface area contributed by atoms with E-state index in [9.17, 15) is 8.42 Å². The predicted molar refractivity (Wildman–Crippen MR) is 99.6 cm³/mol. The van der Waals surface area contributed by atoms with Gasteiger partial charge in [-0.25, -0.2) is 18.1 Å². The number of anilines is 1. The zero-order valence-electron chi connectivity index (χ0n) is 14.3. The van der Waals surface area contributed by atoms with E-state index < -0.39 is 10.0 Å². The maximum Gasteiger partial charge on any atom is 0.240 e. The molecule has 1 aromatic heterocycles. The van der Waals surface area contributed by atoms with Crippen molar-refractivity contribution in [1.29, 1.82) is 0 Å². The highest BCUT2D eigenvalue weighted by molar-refractivity contribution is 7.89. The smallest absolute Gasteiger partial charge is 0.240 e. The van der Waals surface area contributed by atoms with Crippen LogP contribution in [0, 0.1) is 0 Å². The molecule has 1 fully saturated rings. The van der Waals surface area contributed by atoms with Crippen LogP contribution in [-0.2, 0) is 16.4 Å². The van der Waals surface area contributed by atoms with Crippen LogP contribution in [-0.4, -0.2) is 39.8 Å². The number of fused-ring (bicyclic) bond motifs is 1. The Morgan fingerprint density at radius 2 is 1.96 bits per heavy atom. The fourth-order valence-corrected chi connectivity index (χ4v) is 5.04. The maximum absolute atomic E-state index is 12.4. The van der Waals surface area contributed by atoms with Crippen LogP contribution in [0.2, 0.25) is 0 Å². The van der Waals surface area contributed by atoms with Gasteiger partial charge < -0.3 is 14.4 Å². The molecule has 0 unspecified atom stereocenters. The molecule has 7 nitrogen and oxygen atoms in total. The van der Waals surface area contributed by atoms with E-state index >= 15 is 0 Å². The fraction of sp³-hybridized carbons (Fsp3) is 0.471. The number of thiazole rings is 1. The molecule has 1 aromatic carbocycles. The van der Waals surface area contributed by atoms with Crippen molar-refractivity contribution in [3.63, 3.8) is 0 Å².